The molecule has 0 radical (unpaired) electrons. The summed E-state index contributed by atoms with van der Waals surface area (Å²) in [5.74, 6) is -7.10. The third-order valence-electron chi connectivity index (χ3n) is 6.39. The molecule has 0 aromatic carbocycles. The molecule has 0 spiro atoms. The Bertz CT molecular complexity index is 716. The van der Waals surface area contributed by atoms with Gasteiger partial charge in [-0.2, -0.15) is 0 Å². The van der Waals surface area contributed by atoms with E-state index in [1.54, 1.807) is 0 Å². The predicted octanol–water partition coefficient (Wildman–Crippen LogP) is 0.0822. The van der Waals surface area contributed by atoms with Gasteiger partial charge in [-0.05, 0) is 5.92 Å². The molecule has 0 aromatic rings. The number of rotatable bonds is 6. The first-order valence-corrected chi connectivity index (χ1v) is 10.9. The Labute approximate surface area is 195 Å². The average molecular weight is 484 g/mol. The van der Waals surface area contributed by atoms with Gasteiger partial charge in [-0.1, -0.05) is 0 Å². The molecule has 0 saturated heterocycles. The smallest absolute Gasteiger partial charge is 0.303 e. The lowest BCUT2D eigenvalue weighted by atomic mass is 9.90. The maximum absolute atomic E-state index is 12.0. The SMILES string of the molecule is CC(=O)O[C@@H]1C2C3C([C@@H](OC(C)=O)[C@@H](OC(C)=O)C3[C@@H](OC(C)=O)[C@H]2OC(C)=O)[C@@H]1OC(C)=O. The molecule has 3 unspecified atom stereocenters. The van der Waals surface area contributed by atoms with Crippen molar-refractivity contribution in [3.05, 3.63) is 0 Å². The van der Waals surface area contributed by atoms with Crippen LogP contribution < -0.4 is 0 Å². The zero-order valence-electron chi connectivity index (χ0n) is 19.7. The highest BCUT2D eigenvalue weighted by Crippen LogP contribution is 2.62. The Balaban J connectivity index is 2.20. The zero-order valence-corrected chi connectivity index (χ0v) is 19.7. The summed E-state index contributed by atoms with van der Waals surface area (Å²) >= 11 is 0. The first-order chi connectivity index (χ1) is 15.8. The van der Waals surface area contributed by atoms with Crippen molar-refractivity contribution in [1.29, 1.82) is 0 Å². The molecule has 34 heavy (non-hydrogen) atoms. The van der Waals surface area contributed by atoms with Gasteiger partial charge in [0.05, 0.1) is 0 Å². The Morgan fingerprint density at radius 1 is 0.324 bits per heavy atom. The van der Waals surface area contributed by atoms with Crippen LogP contribution in [0.4, 0.5) is 0 Å². The fraction of sp³-hybridized carbons (Fsp3) is 0.727. The minimum Gasteiger partial charge on any atom is -0.458 e. The van der Waals surface area contributed by atoms with Crippen molar-refractivity contribution in [2.24, 2.45) is 23.7 Å². The molecule has 12 nitrogen and oxygen atoms in total. The molecule has 12 heteroatoms. The normalized spacial score (nSPS) is 37.2. The van der Waals surface area contributed by atoms with Crippen LogP contribution in [0.3, 0.4) is 0 Å². The van der Waals surface area contributed by atoms with Gasteiger partial charge in [0.15, 0.2) is 0 Å². The molecule has 3 fully saturated rings. The van der Waals surface area contributed by atoms with E-state index in [0.717, 1.165) is 0 Å². The highest BCUT2D eigenvalue weighted by molar-refractivity contribution is 5.70. The van der Waals surface area contributed by atoms with E-state index in [9.17, 15) is 28.8 Å². The molecule has 0 N–H and O–H groups in total. The maximum Gasteiger partial charge on any atom is 0.303 e. The van der Waals surface area contributed by atoms with E-state index in [0.29, 0.717) is 0 Å². The molecule has 0 aromatic heterocycles. The van der Waals surface area contributed by atoms with Gasteiger partial charge >= 0.3 is 35.8 Å². The van der Waals surface area contributed by atoms with Gasteiger partial charge < -0.3 is 28.4 Å². The van der Waals surface area contributed by atoms with Crippen LogP contribution in [0.2, 0.25) is 0 Å². The average Bonchev–Trinajstić information content (AvgIpc) is 3.21. The first kappa shape index (κ1) is 25.4. The lowest BCUT2D eigenvalue weighted by Crippen LogP contribution is -2.44. The van der Waals surface area contributed by atoms with Crippen LogP contribution in [-0.4, -0.2) is 72.4 Å². The largest absolute Gasteiger partial charge is 0.458 e. The van der Waals surface area contributed by atoms with E-state index in [-0.39, 0.29) is 0 Å². The van der Waals surface area contributed by atoms with E-state index < -0.39 is 96.1 Å². The minimum absolute atomic E-state index is 0.615. The van der Waals surface area contributed by atoms with Crippen molar-refractivity contribution >= 4 is 35.8 Å². The van der Waals surface area contributed by atoms with Crippen molar-refractivity contribution < 1.29 is 57.2 Å². The molecule has 3 saturated carbocycles. The molecular weight excluding hydrogens is 456 g/mol. The van der Waals surface area contributed by atoms with Gasteiger partial charge in [0.1, 0.15) is 36.6 Å². The van der Waals surface area contributed by atoms with Crippen LogP contribution in [0.1, 0.15) is 41.5 Å². The quantitative estimate of drug-likeness (QED) is 0.370. The van der Waals surface area contributed by atoms with E-state index in [1.165, 1.54) is 41.5 Å². The van der Waals surface area contributed by atoms with Crippen LogP contribution >= 0.6 is 0 Å². The van der Waals surface area contributed by atoms with Crippen molar-refractivity contribution in [2.75, 3.05) is 0 Å². The summed E-state index contributed by atoms with van der Waals surface area (Å²) in [4.78, 5) is 71.8. The highest BCUT2D eigenvalue weighted by Gasteiger charge is 2.77. The van der Waals surface area contributed by atoms with Gasteiger partial charge in [-0.25, -0.2) is 0 Å². The summed E-state index contributed by atoms with van der Waals surface area (Å²) in [5.41, 5.74) is 0. The van der Waals surface area contributed by atoms with Gasteiger partial charge in [0, 0.05) is 59.3 Å². The fourth-order valence-electron chi connectivity index (χ4n) is 5.98. The number of ether oxygens (including phenoxy) is 6. The van der Waals surface area contributed by atoms with Crippen LogP contribution in [0.5, 0.6) is 0 Å². The lowest BCUT2D eigenvalue weighted by molar-refractivity contribution is -0.180. The molecule has 0 aliphatic heterocycles. The monoisotopic (exact) mass is 484 g/mol. The first-order valence-electron chi connectivity index (χ1n) is 10.9. The van der Waals surface area contributed by atoms with Crippen LogP contribution in [0.25, 0.3) is 0 Å². The van der Waals surface area contributed by atoms with Crippen molar-refractivity contribution in [1.82, 2.24) is 0 Å². The number of carbonyl (C=O) groups excluding carboxylic acids is 6. The molecule has 0 bridgehead atoms. The number of esters is 6. The van der Waals surface area contributed by atoms with Crippen LogP contribution in [0, 0.1) is 23.7 Å². The number of hydrogen-bond acceptors (Lipinski definition) is 12. The molecule has 3 aliphatic carbocycles. The highest BCUT2D eigenvalue weighted by atomic mass is 16.6. The topological polar surface area (TPSA) is 158 Å². The van der Waals surface area contributed by atoms with Crippen molar-refractivity contribution in [3.63, 3.8) is 0 Å². The van der Waals surface area contributed by atoms with E-state index >= 15 is 0 Å². The summed E-state index contributed by atoms with van der Waals surface area (Å²) in [6.45, 7) is 7.01. The van der Waals surface area contributed by atoms with Gasteiger partial charge in [0.25, 0.3) is 0 Å². The summed E-state index contributed by atoms with van der Waals surface area (Å²) < 4.78 is 33.2. The molecule has 0 heterocycles. The number of carbonyl (C=O) groups is 6. The predicted molar refractivity (Wildman–Crippen MR) is 107 cm³/mol. The Morgan fingerprint density at radius 3 is 0.588 bits per heavy atom. The minimum atomic E-state index is -1.10. The Hall–Kier alpha value is -3.18. The third-order valence-corrected chi connectivity index (χ3v) is 6.39. The standard InChI is InChI=1S/C22H28O12/c1-7(23)29-17-14-13-15(18(17)30-8(2)24)20(32-10(4)26)22(34-12(6)28)16(13)21(33-11(5)27)19(14)31-9(3)25/h13-22H,1-6H3/t13?,14?,15?,16?,17-,18+,19+,20-,21-,22+. The summed E-state index contributed by atoms with van der Waals surface area (Å²) in [6.07, 6.45) is -6.58. The van der Waals surface area contributed by atoms with Gasteiger partial charge in [-0.15, -0.1) is 0 Å². The maximum atomic E-state index is 12.0. The van der Waals surface area contributed by atoms with Crippen molar-refractivity contribution in [3.8, 4) is 0 Å². The van der Waals surface area contributed by atoms with Gasteiger partial charge in [0.2, 0.25) is 0 Å². The fourth-order valence-corrected chi connectivity index (χ4v) is 5.98. The summed E-state index contributed by atoms with van der Waals surface area (Å²) in [7, 11) is 0. The van der Waals surface area contributed by atoms with Crippen molar-refractivity contribution in [2.45, 2.75) is 78.2 Å². The summed E-state index contributed by atoms with van der Waals surface area (Å²) in [5, 5.41) is 0. The lowest BCUT2D eigenvalue weighted by Gasteiger charge is -2.30. The second-order valence-electron chi connectivity index (χ2n) is 8.75. The Morgan fingerprint density at radius 2 is 0.471 bits per heavy atom. The van der Waals surface area contributed by atoms with Crippen LogP contribution in [0.15, 0.2) is 0 Å². The molecular formula is C22H28O12. The Kier molecular flexibility index (Phi) is 7.18. The van der Waals surface area contributed by atoms with E-state index in [4.69, 9.17) is 28.4 Å². The molecule has 188 valence electrons. The van der Waals surface area contributed by atoms with Gasteiger partial charge in [-0.3, -0.25) is 28.8 Å². The summed E-state index contributed by atoms with van der Waals surface area (Å²) in [6, 6.07) is 0. The second kappa shape index (κ2) is 9.59. The molecule has 3 aliphatic rings. The molecule has 0 amide bonds. The van der Waals surface area contributed by atoms with Crippen LogP contribution in [-0.2, 0) is 57.2 Å². The molecule has 3 rings (SSSR count). The second-order valence-corrected chi connectivity index (χ2v) is 8.75. The van der Waals surface area contributed by atoms with E-state index in [1.807, 2.05) is 0 Å². The zero-order chi connectivity index (χ0) is 25.5. The third kappa shape index (κ3) is 4.71. The number of hydrogen-bond donors (Lipinski definition) is 0. The van der Waals surface area contributed by atoms with E-state index in [2.05, 4.69) is 0 Å². The molecule has 9 atom stereocenters.